The van der Waals surface area contributed by atoms with Crippen LogP contribution in [0.15, 0.2) is 0 Å². The second-order valence-corrected chi connectivity index (χ2v) is 8.78. The highest BCUT2D eigenvalue weighted by molar-refractivity contribution is 8.04. The van der Waals surface area contributed by atoms with Crippen LogP contribution < -0.4 is 0 Å². The highest BCUT2D eigenvalue weighted by Crippen LogP contribution is 2.72. The Morgan fingerprint density at radius 2 is 2.00 bits per heavy atom. The van der Waals surface area contributed by atoms with Gasteiger partial charge in [0, 0.05) is 5.25 Å². The topological polar surface area (TPSA) is 23.8 Å². The minimum atomic E-state index is 0.448. The minimum Gasteiger partial charge on any atom is -0.185 e. The van der Waals surface area contributed by atoms with Crippen LogP contribution in [0.2, 0.25) is 0 Å². The molecule has 0 aromatic heterocycles. The number of rotatable bonds is 2. The summed E-state index contributed by atoms with van der Waals surface area (Å²) in [5, 5.41) is 12.2. The Hall–Kier alpha value is -0.160. The maximum atomic E-state index is 9.19. The van der Waals surface area contributed by atoms with E-state index in [9.17, 15) is 5.26 Å². The van der Waals surface area contributed by atoms with Crippen LogP contribution in [-0.4, -0.2) is 5.25 Å². The monoisotopic (exact) mass is 265 g/mol. The molecule has 0 N–H and O–H groups in total. The molecule has 0 aromatic rings. The summed E-state index contributed by atoms with van der Waals surface area (Å²) < 4.78 is 0. The van der Waals surface area contributed by atoms with Gasteiger partial charge in [-0.15, -0.1) is 0 Å². The molecule has 4 saturated carbocycles. The maximum absolute atomic E-state index is 9.19. The van der Waals surface area contributed by atoms with Gasteiger partial charge in [-0.25, -0.2) is 0 Å². The van der Waals surface area contributed by atoms with Gasteiger partial charge in [0.2, 0.25) is 0 Å². The molecule has 0 radical (unpaired) electrons. The molecule has 0 heterocycles. The fourth-order valence-electron chi connectivity index (χ4n) is 5.84. The van der Waals surface area contributed by atoms with Crippen molar-refractivity contribution in [2.75, 3.05) is 0 Å². The summed E-state index contributed by atoms with van der Waals surface area (Å²) in [6, 6.07) is 0. The summed E-state index contributed by atoms with van der Waals surface area (Å²) in [7, 11) is 0. The first-order chi connectivity index (χ1) is 8.42. The molecule has 4 aliphatic carbocycles. The Morgan fingerprint density at radius 1 is 1.28 bits per heavy atom. The van der Waals surface area contributed by atoms with Crippen molar-refractivity contribution in [3.8, 4) is 5.40 Å². The van der Waals surface area contributed by atoms with Crippen LogP contribution in [0.1, 0.15) is 53.4 Å². The van der Waals surface area contributed by atoms with Gasteiger partial charge in [0.1, 0.15) is 5.40 Å². The zero-order valence-electron chi connectivity index (χ0n) is 12.1. The zero-order chi connectivity index (χ0) is 13.1. The number of thioether (sulfide) groups is 1. The van der Waals surface area contributed by atoms with E-state index in [1.165, 1.54) is 25.7 Å². The number of thiocyanates is 1. The maximum Gasteiger partial charge on any atom is 0.133 e. The second kappa shape index (κ2) is 3.92. The summed E-state index contributed by atoms with van der Waals surface area (Å²) in [5.74, 6) is 3.30. The summed E-state index contributed by atoms with van der Waals surface area (Å²) in [6.07, 6.45) is 5.57. The van der Waals surface area contributed by atoms with Gasteiger partial charge in [-0.1, -0.05) is 27.7 Å². The van der Waals surface area contributed by atoms with Crippen molar-refractivity contribution < 1.29 is 0 Å². The lowest BCUT2D eigenvalue weighted by Crippen LogP contribution is -2.57. The van der Waals surface area contributed by atoms with Crippen molar-refractivity contribution >= 4 is 11.8 Å². The van der Waals surface area contributed by atoms with Gasteiger partial charge >= 0.3 is 0 Å². The molecule has 4 aliphatic rings. The average molecular weight is 265 g/mol. The molecule has 4 fully saturated rings. The number of fused-ring (bicyclic) bond motifs is 1. The van der Waals surface area contributed by atoms with Crippen molar-refractivity contribution in [1.29, 1.82) is 5.26 Å². The fourth-order valence-corrected chi connectivity index (χ4v) is 6.98. The predicted octanol–water partition coefficient (Wildman–Crippen LogP) is 4.69. The lowest BCUT2D eigenvalue weighted by molar-refractivity contribution is -0.0757. The molecule has 1 nitrogen and oxygen atoms in total. The van der Waals surface area contributed by atoms with Crippen LogP contribution in [0.4, 0.5) is 0 Å². The molecule has 2 heteroatoms. The number of nitriles is 1. The minimum absolute atomic E-state index is 0.448. The van der Waals surface area contributed by atoms with Gasteiger partial charge in [0.05, 0.1) is 0 Å². The van der Waals surface area contributed by atoms with Crippen LogP contribution in [0, 0.1) is 45.2 Å². The quantitative estimate of drug-likeness (QED) is 0.676. The summed E-state index contributed by atoms with van der Waals surface area (Å²) >= 11 is 1.60. The van der Waals surface area contributed by atoms with Crippen LogP contribution >= 0.6 is 11.8 Å². The molecule has 4 bridgehead atoms. The van der Waals surface area contributed by atoms with E-state index < -0.39 is 0 Å². The summed E-state index contributed by atoms with van der Waals surface area (Å²) in [4.78, 5) is 0. The Bertz CT molecular complexity index is 398. The smallest absolute Gasteiger partial charge is 0.133 e. The molecule has 0 amide bonds. The molecular formula is C16H25NS. The lowest BCUT2D eigenvalue weighted by Gasteiger charge is -2.61. The summed E-state index contributed by atoms with van der Waals surface area (Å²) in [6.45, 7) is 9.78. The Kier molecular flexibility index (Phi) is 2.80. The normalized spacial score (nSPS) is 53.8. The van der Waals surface area contributed by atoms with E-state index in [0.29, 0.717) is 16.1 Å². The van der Waals surface area contributed by atoms with Gasteiger partial charge in [-0.05, 0) is 71.9 Å². The Balaban J connectivity index is 2.00. The zero-order valence-corrected chi connectivity index (χ0v) is 12.9. The van der Waals surface area contributed by atoms with Gasteiger partial charge in [0.15, 0.2) is 0 Å². The third-order valence-corrected chi connectivity index (χ3v) is 7.95. The SMILES string of the molecule is CC(C)[C@H]1C[C@H]2[C@]3(C)CC[C@]2(C)[C@H](S[14C]#N)[C@H]1C3. The number of nitrogens with zero attached hydrogens (tertiary/aromatic N) is 1. The number of hydrogen-bond acceptors (Lipinski definition) is 2. The third-order valence-electron chi connectivity index (χ3n) is 6.71. The average Bonchev–Trinajstić information content (AvgIpc) is 2.52. The molecule has 6 atom stereocenters. The van der Waals surface area contributed by atoms with Crippen molar-refractivity contribution in [3.63, 3.8) is 0 Å². The van der Waals surface area contributed by atoms with E-state index >= 15 is 0 Å². The van der Waals surface area contributed by atoms with E-state index in [1.54, 1.807) is 11.8 Å². The first-order valence-corrected chi connectivity index (χ1v) is 8.35. The van der Waals surface area contributed by atoms with E-state index in [1.807, 2.05) is 0 Å². The van der Waals surface area contributed by atoms with E-state index in [-0.39, 0.29) is 0 Å². The van der Waals surface area contributed by atoms with E-state index in [4.69, 9.17) is 0 Å². The van der Waals surface area contributed by atoms with Crippen molar-refractivity contribution in [1.82, 2.24) is 0 Å². The van der Waals surface area contributed by atoms with Crippen molar-refractivity contribution in [3.05, 3.63) is 0 Å². The van der Waals surface area contributed by atoms with Crippen LogP contribution in [-0.2, 0) is 0 Å². The first kappa shape index (κ1) is 12.9. The molecule has 0 saturated heterocycles. The van der Waals surface area contributed by atoms with Gasteiger partial charge in [-0.3, -0.25) is 0 Å². The molecule has 0 aromatic carbocycles. The molecular weight excluding hydrogens is 240 g/mol. The lowest BCUT2D eigenvalue weighted by atomic mass is 9.47. The Labute approximate surface area is 116 Å². The van der Waals surface area contributed by atoms with Crippen molar-refractivity contribution in [2.45, 2.75) is 58.6 Å². The fraction of sp³-hybridized carbons (Fsp3) is 0.938. The second-order valence-electron chi connectivity index (χ2n) is 7.85. The van der Waals surface area contributed by atoms with Crippen LogP contribution in [0.5, 0.6) is 0 Å². The number of hydrogen-bond donors (Lipinski definition) is 0. The Morgan fingerprint density at radius 3 is 2.61 bits per heavy atom. The molecule has 0 aliphatic heterocycles. The van der Waals surface area contributed by atoms with E-state index in [2.05, 4.69) is 33.1 Å². The highest BCUT2D eigenvalue weighted by atomic mass is 32.2. The molecule has 4 rings (SSSR count). The van der Waals surface area contributed by atoms with E-state index in [0.717, 1.165) is 23.7 Å². The van der Waals surface area contributed by atoms with Crippen LogP contribution in [0.25, 0.3) is 0 Å². The first-order valence-electron chi connectivity index (χ1n) is 7.47. The third kappa shape index (κ3) is 1.46. The predicted molar refractivity (Wildman–Crippen MR) is 77.0 cm³/mol. The summed E-state index contributed by atoms with van der Waals surface area (Å²) in [5.41, 5.74) is 1.04. The van der Waals surface area contributed by atoms with Gasteiger partial charge in [0.25, 0.3) is 0 Å². The largest absolute Gasteiger partial charge is 0.185 e. The standard InChI is InChI=1S/C16H25NS/c1-10(2)11-7-13-15(3)5-6-16(13,4)14(18-9-17)12(11)8-15/h10-14H,5-8H2,1-4H3/t11-,12+,13+,14-,15-,16+/m1/s1/i9+2. The van der Waals surface area contributed by atoms with Gasteiger partial charge in [-0.2, -0.15) is 5.26 Å². The molecule has 0 unspecified atom stereocenters. The van der Waals surface area contributed by atoms with Gasteiger partial charge < -0.3 is 0 Å². The highest BCUT2D eigenvalue weighted by Gasteiger charge is 2.66. The molecule has 18 heavy (non-hydrogen) atoms. The molecule has 100 valence electrons. The van der Waals surface area contributed by atoms with Crippen molar-refractivity contribution in [2.24, 2.45) is 34.5 Å². The van der Waals surface area contributed by atoms with Crippen LogP contribution in [0.3, 0.4) is 0 Å². The molecule has 0 spiro atoms.